The van der Waals surface area contributed by atoms with E-state index in [-0.39, 0.29) is 0 Å². The molecule has 0 radical (unpaired) electrons. The predicted molar refractivity (Wildman–Crippen MR) is 69.0 cm³/mol. The van der Waals surface area contributed by atoms with E-state index in [0.29, 0.717) is 11.8 Å². The Balaban J connectivity index is 3.05. The molecule has 0 nitrogen and oxygen atoms in total. The van der Waals surface area contributed by atoms with E-state index in [1.807, 2.05) is 0 Å². The van der Waals surface area contributed by atoms with Gasteiger partial charge in [0.15, 0.2) is 0 Å². The van der Waals surface area contributed by atoms with Gasteiger partial charge in [0.05, 0.1) is 0 Å². The maximum absolute atomic E-state index is 4.25. The van der Waals surface area contributed by atoms with Crippen molar-refractivity contribution in [1.29, 1.82) is 0 Å². The topological polar surface area (TPSA) is 0 Å². The second kappa shape index (κ2) is 4.65. The van der Waals surface area contributed by atoms with Gasteiger partial charge in [-0.25, -0.2) is 0 Å². The quantitative estimate of drug-likeness (QED) is 0.671. The molecule has 0 amide bonds. The van der Waals surface area contributed by atoms with Crippen LogP contribution in [0, 0.1) is 25.7 Å². The lowest BCUT2D eigenvalue weighted by Gasteiger charge is -2.20. The first-order valence-corrected chi connectivity index (χ1v) is 5.70. The summed E-state index contributed by atoms with van der Waals surface area (Å²) in [5.74, 6) is 1.20. The molecular formula is C15H22. The van der Waals surface area contributed by atoms with Gasteiger partial charge in [0.25, 0.3) is 0 Å². The number of hydrogen-bond acceptors (Lipinski definition) is 0. The first kappa shape index (κ1) is 12.0. The molecule has 1 unspecified atom stereocenters. The fraction of sp³-hybridized carbons (Fsp3) is 0.467. The molecule has 0 aliphatic rings. The Labute approximate surface area is 94.0 Å². The molecule has 1 aromatic carbocycles. The largest absolute Gasteiger partial charge is 0.0949 e. The summed E-state index contributed by atoms with van der Waals surface area (Å²) in [7, 11) is 0. The van der Waals surface area contributed by atoms with Crippen molar-refractivity contribution in [2.45, 2.75) is 34.6 Å². The van der Waals surface area contributed by atoms with Gasteiger partial charge in [-0.15, -0.1) is 0 Å². The van der Waals surface area contributed by atoms with Gasteiger partial charge in [0.1, 0.15) is 0 Å². The third kappa shape index (κ3) is 2.71. The monoisotopic (exact) mass is 202 g/mol. The van der Waals surface area contributed by atoms with Gasteiger partial charge in [0, 0.05) is 0 Å². The SMILES string of the molecule is C=C(c1cc(C)ccc1C)C(C)C(C)C. The standard InChI is InChI=1S/C15H22/c1-10(2)13(5)14(6)15-9-11(3)7-8-12(15)4/h7-10,13H,6H2,1-5H3. The van der Waals surface area contributed by atoms with Crippen LogP contribution in [0.3, 0.4) is 0 Å². The highest BCUT2D eigenvalue weighted by Gasteiger charge is 2.14. The molecule has 0 heteroatoms. The van der Waals surface area contributed by atoms with Crippen molar-refractivity contribution in [2.75, 3.05) is 0 Å². The van der Waals surface area contributed by atoms with E-state index < -0.39 is 0 Å². The Morgan fingerprint density at radius 2 is 1.73 bits per heavy atom. The molecule has 0 aromatic heterocycles. The van der Waals surface area contributed by atoms with E-state index in [9.17, 15) is 0 Å². The first-order valence-electron chi connectivity index (χ1n) is 5.70. The van der Waals surface area contributed by atoms with Crippen LogP contribution in [0.15, 0.2) is 24.8 Å². The fourth-order valence-electron chi connectivity index (χ4n) is 1.73. The molecule has 15 heavy (non-hydrogen) atoms. The van der Waals surface area contributed by atoms with Crippen molar-refractivity contribution in [1.82, 2.24) is 0 Å². The van der Waals surface area contributed by atoms with Gasteiger partial charge < -0.3 is 0 Å². The van der Waals surface area contributed by atoms with Gasteiger partial charge in [-0.1, -0.05) is 51.1 Å². The van der Waals surface area contributed by atoms with Crippen LogP contribution in [0.2, 0.25) is 0 Å². The van der Waals surface area contributed by atoms with Crippen LogP contribution < -0.4 is 0 Å². The highest BCUT2D eigenvalue weighted by atomic mass is 14.2. The molecule has 1 rings (SSSR count). The van der Waals surface area contributed by atoms with Crippen molar-refractivity contribution in [3.05, 3.63) is 41.5 Å². The minimum Gasteiger partial charge on any atom is -0.0949 e. The normalized spacial score (nSPS) is 12.9. The summed E-state index contributed by atoms with van der Waals surface area (Å²) >= 11 is 0. The van der Waals surface area contributed by atoms with E-state index in [0.717, 1.165) is 0 Å². The zero-order valence-corrected chi connectivity index (χ0v) is 10.6. The second-order valence-electron chi connectivity index (χ2n) is 4.88. The Morgan fingerprint density at radius 1 is 1.13 bits per heavy atom. The Bertz CT molecular complexity index is 358. The van der Waals surface area contributed by atoms with E-state index >= 15 is 0 Å². The summed E-state index contributed by atoms with van der Waals surface area (Å²) in [5, 5.41) is 0. The molecule has 0 saturated heterocycles. The van der Waals surface area contributed by atoms with E-state index in [1.165, 1.54) is 22.3 Å². The van der Waals surface area contributed by atoms with Crippen molar-refractivity contribution >= 4 is 5.57 Å². The summed E-state index contributed by atoms with van der Waals surface area (Å²) in [4.78, 5) is 0. The number of rotatable bonds is 3. The lowest BCUT2D eigenvalue weighted by Crippen LogP contribution is -2.06. The minimum atomic E-state index is 0.547. The molecule has 0 fully saturated rings. The fourth-order valence-corrected chi connectivity index (χ4v) is 1.73. The van der Waals surface area contributed by atoms with Crippen LogP contribution in [0.1, 0.15) is 37.5 Å². The molecule has 0 N–H and O–H groups in total. The minimum absolute atomic E-state index is 0.547. The molecule has 0 spiro atoms. The Hall–Kier alpha value is -1.04. The molecular weight excluding hydrogens is 180 g/mol. The average molecular weight is 202 g/mol. The first-order chi connectivity index (χ1) is 6.93. The summed E-state index contributed by atoms with van der Waals surface area (Å²) in [5.41, 5.74) is 5.24. The van der Waals surface area contributed by atoms with Gasteiger partial charge >= 0.3 is 0 Å². The Kier molecular flexibility index (Phi) is 3.73. The van der Waals surface area contributed by atoms with Crippen molar-refractivity contribution in [3.8, 4) is 0 Å². The summed E-state index contributed by atoms with van der Waals surface area (Å²) in [6.45, 7) is 15.3. The van der Waals surface area contributed by atoms with Gasteiger partial charge in [0.2, 0.25) is 0 Å². The van der Waals surface area contributed by atoms with Crippen LogP contribution in [-0.2, 0) is 0 Å². The summed E-state index contributed by atoms with van der Waals surface area (Å²) < 4.78 is 0. The molecule has 1 atom stereocenters. The number of benzene rings is 1. The molecule has 0 aliphatic carbocycles. The third-order valence-corrected chi connectivity index (χ3v) is 3.29. The maximum Gasteiger partial charge on any atom is -0.0167 e. The molecule has 1 aromatic rings. The molecule has 0 aliphatic heterocycles. The Morgan fingerprint density at radius 3 is 2.27 bits per heavy atom. The van der Waals surface area contributed by atoms with E-state index in [1.54, 1.807) is 0 Å². The van der Waals surface area contributed by atoms with Crippen molar-refractivity contribution in [3.63, 3.8) is 0 Å². The van der Waals surface area contributed by atoms with Crippen molar-refractivity contribution < 1.29 is 0 Å². The zero-order valence-electron chi connectivity index (χ0n) is 10.6. The number of allylic oxidation sites excluding steroid dienone is 1. The van der Waals surface area contributed by atoms with Crippen molar-refractivity contribution in [2.24, 2.45) is 11.8 Å². The zero-order chi connectivity index (χ0) is 11.6. The van der Waals surface area contributed by atoms with E-state index in [2.05, 4.69) is 59.4 Å². The molecule has 0 bridgehead atoms. The molecule has 0 heterocycles. The third-order valence-electron chi connectivity index (χ3n) is 3.29. The molecule has 0 saturated carbocycles. The lowest BCUT2D eigenvalue weighted by molar-refractivity contribution is 0.518. The van der Waals surface area contributed by atoms with Gasteiger partial charge in [-0.2, -0.15) is 0 Å². The average Bonchev–Trinajstić information content (AvgIpc) is 2.19. The highest BCUT2D eigenvalue weighted by molar-refractivity contribution is 5.68. The van der Waals surface area contributed by atoms with Crippen LogP contribution >= 0.6 is 0 Å². The van der Waals surface area contributed by atoms with E-state index in [4.69, 9.17) is 0 Å². The highest BCUT2D eigenvalue weighted by Crippen LogP contribution is 2.29. The number of aryl methyl sites for hydroxylation is 2. The van der Waals surface area contributed by atoms with Gasteiger partial charge in [-0.05, 0) is 42.4 Å². The maximum atomic E-state index is 4.25. The van der Waals surface area contributed by atoms with Crippen LogP contribution in [-0.4, -0.2) is 0 Å². The lowest BCUT2D eigenvalue weighted by atomic mass is 9.85. The smallest absolute Gasteiger partial charge is 0.0167 e. The second-order valence-corrected chi connectivity index (χ2v) is 4.88. The number of hydrogen-bond donors (Lipinski definition) is 0. The summed E-state index contributed by atoms with van der Waals surface area (Å²) in [6.07, 6.45) is 0. The van der Waals surface area contributed by atoms with Crippen LogP contribution in [0.5, 0.6) is 0 Å². The molecule has 82 valence electrons. The van der Waals surface area contributed by atoms with Gasteiger partial charge in [-0.3, -0.25) is 0 Å². The predicted octanol–water partition coefficient (Wildman–Crippen LogP) is 4.61. The van der Waals surface area contributed by atoms with Crippen LogP contribution in [0.4, 0.5) is 0 Å². The summed E-state index contributed by atoms with van der Waals surface area (Å²) in [6, 6.07) is 6.59. The van der Waals surface area contributed by atoms with Crippen LogP contribution in [0.25, 0.3) is 5.57 Å².